The van der Waals surface area contributed by atoms with Gasteiger partial charge in [-0.15, -0.1) is 0 Å². The summed E-state index contributed by atoms with van der Waals surface area (Å²) in [5, 5.41) is 8.12. The first-order chi connectivity index (χ1) is 10.9. The molecule has 4 rings (SSSR count). The van der Waals surface area contributed by atoms with Crippen LogP contribution >= 0.6 is 12.2 Å². The second-order valence-electron chi connectivity index (χ2n) is 9.00. The predicted octanol–water partition coefficient (Wildman–Crippen LogP) is 3.54. The van der Waals surface area contributed by atoms with Crippen LogP contribution in [-0.4, -0.2) is 40.7 Å². The van der Waals surface area contributed by atoms with Crippen molar-refractivity contribution in [3.8, 4) is 0 Å². The molecule has 4 heteroatoms. The number of rotatable bonds is 6. The Morgan fingerprint density at radius 1 is 1.00 bits per heavy atom. The summed E-state index contributed by atoms with van der Waals surface area (Å²) in [6.45, 7) is 11.1. The normalized spacial score (nSPS) is 35.3. The Kier molecular flexibility index (Phi) is 5.22. The molecule has 132 valence electrons. The van der Waals surface area contributed by atoms with E-state index in [2.05, 4.69) is 43.2 Å². The van der Waals surface area contributed by atoms with Gasteiger partial charge < -0.3 is 10.6 Å². The van der Waals surface area contributed by atoms with E-state index in [0.29, 0.717) is 17.6 Å². The summed E-state index contributed by atoms with van der Waals surface area (Å²) in [7, 11) is 0. The van der Waals surface area contributed by atoms with Gasteiger partial charge in [0.05, 0.1) is 0 Å². The topological polar surface area (TPSA) is 27.3 Å². The number of hydrogen-bond donors (Lipinski definition) is 2. The summed E-state index contributed by atoms with van der Waals surface area (Å²) in [5.41, 5.74) is 0.328. The minimum atomic E-state index is 0.328. The number of thiocarbonyl (C=S) groups is 1. The maximum absolute atomic E-state index is 5.63. The van der Waals surface area contributed by atoms with E-state index in [1.807, 2.05) is 0 Å². The van der Waals surface area contributed by atoms with Crippen LogP contribution in [0.15, 0.2) is 0 Å². The van der Waals surface area contributed by atoms with Gasteiger partial charge in [-0.05, 0) is 96.2 Å². The molecule has 0 amide bonds. The van der Waals surface area contributed by atoms with Crippen molar-refractivity contribution in [3.63, 3.8) is 0 Å². The minimum absolute atomic E-state index is 0.328. The first kappa shape index (κ1) is 17.5. The first-order valence-corrected chi connectivity index (χ1v) is 10.1. The van der Waals surface area contributed by atoms with Crippen molar-refractivity contribution in [1.29, 1.82) is 0 Å². The molecule has 4 aliphatic carbocycles. The monoisotopic (exact) mass is 337 g/mol. The Morgan fingerprint density at radius 3 is 1.91 bits per heavy atom. The van der Waals surface area contributed by atoms with Crippen LogP contribution < -0.4 is 10.6 Å². The quantitative estimate of drug-likeness (QED) is 0.725. The average molecular weight is 338 g/mol. The van der Waals surface area contributed by atoms with Crippen molar-refractivity contribution in [2.75, 3.05) is 13.1 Å². The van der Waals surface area contributed by atoms with Crippen LogP contribution in [-0.2, 0) is 0 Å². The van der Waals surface area contributed by atoms with Gasteiger partial charge in [0, 0.05) is 30.7 Å². The summed E-state index contributed by atoms with van der Waals surface area (Å²) >= 11 is 5.63. The summed E-state index contributed by atoms with van der Waals surface area (Å²) in [6, 6.07) is 1.17. The molecular weight excluding hydrogens is 302 g/mol. The van der Waals surface area contributed by atoms with E-state index < -0.39 is 0 Å². The molecule has 0 aromatic rings. The molecule has 0 spiro atoms. The Hall–Kier alpha value is -0.350. The third-order valence-electron chi connectivity index (χ3n) is 6.40. The van der Waals surface area contributed by atoms with Crippen molar-refractivity contribution in [1.82, 2.24) is 15.5 Å². The molecule has 0 atom stereocenters. The average Bonchev–Trinajstić information content (AvgIpc) is 2.40. The zero-order chi connectivity index (χ0) is 16.6. The fourth-order valence-electron chi connectivity index (χ4n) is 5.96. The van der Waals surface area contributed by atoms with E-state index in [4.69, 9.17) is 12.2 Å². The molecule has 3 nitrogen and oxygen atoms in total. The minimum Gasteiger partial charge on any atom is -0.361 e. The molecule has 23 heavy (non-hydrogen) atoms. The summed E-state index contributed by atoms with van der Waals surface area (Å²) in [5.74, 6) is 2.90. The van der Waals surface area contributed by atoms with E-state index in [1.165, 1.54) is 38.5 Å². The Bertz CT molecular complexity index is 389. The van der Waals surface area contributed by atoms with Crippen molar-refractivity contribution in [3.05, 3.63) is 0 Å². The molecule has 0 saturated heterocycles. The van der Waals surface area contributed by atoms with Gasteiger partial charge in [-0.2, -0.15) is 0 Å². The number of hydrogen-bond acceptors (Lipinski definition) is 2. The lowest BCUT2D eigenvalue weighted by molar-refractivity contribution is -0.0101. The molecule has 2 N–H and O–H groups in total. The van der Waals surface area contributed by atoms with E-state index in [9.17, 15) is 0 Å². The summed E-state index contributed by atoms with van der Waals surface area (Å²) < 4.78 is 0. The fourth-order valence-corrected chi connectivity index (χ4v) is 6.28. The Labute approximate surface area is 148 Å². The second-order valence-corrected chi connectivity index (χ2v) is 9.41. The maximum Gasteiger partial charge on any atom is 0.166 e. The molecule has 4 fully saturated rings. The fraction of sp³-hybridized carbons (Fsp3) is 0.947. The highest BCUT2D eigenvalue weighted by Gasteiger charge is 2.51. The van der Waals surface area contributed by atoms with Crippen LogP contribution in [0, 0.1) is 17.8 Å². The van der Waals surface area contributed by atoms with Crippen molar-refractivity contribution in [2.24, 2.45) is 17.8 Å². The highest BCUT2D eigenvalue weighted by molar-refractivity contribution is 7.80. The molecule has 4 saturated carbocycles. The van der Waals surface area contributed by atoms with Crippen LogP contribution in [0.4, 0.5) is 0 Å². The lowest BCUT2D eigenvalue weighted by Gasteiger charge is -2.57. The molecule has 0 aliphatic heterocycles. The van der Waals surface area contributed by atoms with E-state index >= 15 is 0 Å². The lowest BCUT2D eigenvalue weighted by atomic mass is 9.53. The van der Waals surface area contributed by atoms with Gasteiger partial charge in [0.25, 0.3) is 0 Å². The van der Waals surface area contributed by atoms with E-state index in [1.54, 1.807) is 0 Å². The molecule has 0 radical (unpaired) electrons. The van der Waals surface area contributed by atoms with Gasteiger partial charge >= 0.3 is 0 Å². The zero-order valence-electron chi connectivity index (χ0n) is 15.4. The van der Waals surface area contributed by atoms with Crippen molar-refractivity contribution < 1.29 is 0 Å². The lowest BCUT2D eigenvalue weighted by Crippen LogP contribution is -2.61. The summed E-state index contributed by atoms with van der Waals surface area (Å²) in [6.07, 6.45) is 8.51. The predicted molar refractivity (Wildman–Crippen MR) is 102 cm³/mol. The highest BCUT2D eigenvalue weighted by atomic mass is 32.1. The molecule has 4 aliphatic rings. The van der Waals surface area contributed by atoms with Gasteiger partial charge in [0.1, 0.15) is 0 Å². The van der Waals surface area contributed by atoms with Gasteiger partial charge in [-0.25, -0.2) is 0 Å². The van der Waals surface area contributed by atoms with E-state index in [-0.39, 0.29) is 0 Å². The molecule has 0 heterocycles. The van der Waals surface area contributed by atoms with Gasteiger partial charge in [0.15, 0.2) is 5.11 Å². The molecule has 0 aromatic carbocycles. The largest absolute Gasteiger partial charge is 0.361 e. The SMILES string of the molecule is CC(C)N(CCNC(=S)NC12CC3CC(CC(C3)C1)C2)C(C)C. The second kappa shape index (κ2) is 6.87. The number of nitrogens with one attached hydrogen (secondary N) is 2. The molecular formula is C19H35N3S. The van der Waals surface area contributed by atoms with Crippen molar-refractivity contribution >= 4 is 17.3 Å². The Balaban J connectivity index is 1.46. The molecule has 0 unspecified atom stereocenters. The van der Waals surface area contributed by atoms with Crippen LogP contribution in [0.25, 0.3) is 0 Å². The molecule has 0 aromatic heterocycles. The third-order valence-corrected chi connectivity index (χ3v) is 6.65. The van der Waals surface area contributed by atoms with Gasteiger partial charge in [0.2, 0.25) is 0 Å². The Morgan fingerprint density at radius 2 is 1.48 bits per heavy atom. The van der Waals surface area contributed by atoms with Gasteiger partial charge in [-0.3, -0.25) is 4.90 Å². The standard InChI is InChI=1S/C19H35N3S/c1-13(2)22(14(3)4)6-5-20-18(23)21-19-10-15-7-16(11-19)9-17(8-15)12-19/h13-17H,5-12H2,1-4H3,(H2,20,21,23). The third kappa shape index (κ3) is 4.01. The number of nitrogens with zero attached hydrogens (tertiary/aromatic N) is 1. The molecule has 4 bridgehead atoms. The summed E-state index contributed by atoms with van der Waals surface area (Å²) in [4.78, 5) is 2.51. The zero-order valence-corrected chi connectivity index (χ0v) is 16.2. The van der Waals surface area contributed by atoms with Gasteiger partial charge in [-0.1, -0.05) is 0 Å². The van der Waals surface area contributed by atoms with Crippen LogP contribution in [0.2, 0.25) is 0 Å². The van der Waals surface area contributed by atoms with Crippen molar-refractivity contribution in [2.45, 2.75) is 83.8 Å². The van der Waals surface area contributed by atoms with Crippen LogP contribution in [0.1, 0.15) is 66.2 Å². The highest BCUT2D eigenvalue weighted by Crippen LogP contribution is 2.55. The van der Waals surface area contributed by atoms with E-state index in [0.717, 1.165) is 36.0 Å². The van der Waals surface area contributed by atoms with Crippen LogP contribution in [0.3, 0.4) is 0 Å². The van der Waals surface area contributed by atoms with Crippen LogP contribution in [0.5, 0.6) is 0 Å². The maximum atomic E-state index is 5.63. The smallest absolute Gasteiger partial charge is 0.166 e. The first-order valence-electron chi connectivity index (χ1n) is 9.68.